The van der Waals surface area contributed by atoms with Crippen LogP contribution in [0.3, 0.4) is 0 Å². The topological polar surface area (TPSA) is 6.48 Å². The Morgan fingerprint density at radius 2 is 0.827 bits per heavy atom. The van der Waals surface area contributed by atoms with Gasteiger partial charge in [0.1, 0.15) is 0 Å². The number of hydrogen-bond acceptors (Lipinski definition) is 2. The van der Waals surface area contributed by atoms with Crippen LogP contribution in [0.2, 0.25) is 0 Å². The van der Waals surface area contributed by atoms with Gasteiger partial charge in [0, 0.05) is 39.5 Å². The summed E-state index contributed by atoms with van der Waals surface area (Å²) in [6.07, 6.45) is 9.14. The van der Waals surface area contributed by atoms with Crippen LogP contribution in [0.1, 0.15) is 36.0 Å². The van der Waals surface area contributed by atoms with Crippen LogP contribution in [0.15, 0.2) is 213 Å². The highest BCUT2D eigenvalue weighted by Gasteiger charge is 2.45. The maximum atomic E-state index is 3.91. The summed E-state index contributed by atoms with van der Waals surface area (Å²) in [5.74, 6) is 0. The van der Waals surface area contributed by atoms with E-state index in [0.717, 1.165) is 53.4 Å². The lowest BCUT2D eigenvalue weighted by atomic mass is 9.69. The van der Waals surface area contributed by atoms with Crippen LogP contribution >= 0.6 is 0 Å². The van der Waals surface area contributed by atoms with E-state index < -0.39 is 0 Å². The van der Waals surface area contributed by atoms with Gasteiger partial charge in [-0.15, -0.1) is 0 Å². The smallest absolute Gasteiger partial charge is 0.0465 e. The monoisotopic (exact) mass is 670 g/mol. The number of rotatable bonds is 12. The molecule has 2 heteroatoms. The Kier molecular flexibility index (Phi) is 9.37. The minimum Gasteiger partial charge on any atom is -0.310 e. The van der Waals surface area contributed by atoms with E-state index in [1.165, 1.54) is 27.8 Å². The van der Waals surface area contributed by atoms with Crippen molar-refractivity contribution in [3.63, 3.8) is 0 Å². The van der Waals surface area contributed by atoms with Gasteiger partial charge in [-0.25, -0.2) is 0 Å². The molecule has 0 saturated carbocycles. The Morgan fingerprint density at radius 3 is 1.21 bits per heavy atom. The van der Waals surface area contributed by atoms with Crippen molar-refractivity contribution in [2.24, 2.45) is 0 Å². The zero-order chi connectivity index (χ0) is 35.2. The van der Waals surface area contributed by atoms with Gasteiger partial charge >= 0.3 is 0 Å². The van der Waals surface area contributed by atoms with Crippen molar-refractivity contribution in [3.05, 3.63) is 230 Å². The first-order valence-electron chi connectivity index (χ1n) is 18.2. The molecule has 252 valence electrons. The molecule has 0 saturated heterocycles. The molecule has 0 fully saturated rings. The molecule has 0 atom stereocenters. The van der Waals surface area contributed by atoms with Gasteiger partial charge in [-0.05, 0) is 120 Å². The Hall–Kier alpha value is -6.38. The van der Waals surface area contributed by atoms with Crippen molar-refractivity contribution in [2.75, 3.05) is 9.80 Å². The van der Waals surface area contributed by atoms with Crippen LogP contribution in [0.5, 0.6) is 0 Å². The highest BCUT2D eigenvalue weighted by molar-refractivity contribution is 5.90. The lowest BCUT2D eigenvalue weighted by molar-refractivity contribution is 0.548. The van der Waals surface area contributed by atoms with Crippen LogP contribution in [0.4, 0.5) is 34.1 Å². The van der Waals surface area contributed by atoms with E-state index in [0.29, 0.717) is 0 Å². The van der Waals surface area contributed by atoms with Crippen molar-refractivity contribution in [3.8, 4) is 11.1 Å². The van der Waals surface area contributed by atoms with Crippen LogP contribution < -0.4 is 9.80 Å². The fourth-order valence-electron chi connectivity index (χ4n) is 7.99. The van der Waals surface area contributed by atoms with Crippen molar-refractivity contribution >= 4 is 34.1 Å². The van der Waals surface area contributed by atoms with E-state index >= 15 is 0 Å². The highest BCUT2D eigenvalue weighted by atomic mass is 15.1. The molecule has 0 bridgehead atoms. The summed E-state index contributed by atoms with van der Waals surface area (Å²) in [6.45, 7) is 3.91. The minimum absolute atomic E-state index is 0.377. The first kappa shape index (κ1) is 32.8. The third kappa shape index (κ3) is 6.14. The average Bonchev–Trinajstić information content (AvgIpc) is 3.49. The lowest BCUT2D eigenvalue weighted by Gasteiger charge is -2.35. The molecule has 0 heterocycles. The molecule has 0 aromatic heterocycles. The van der Waals surface area contributed by atoms with Crippen molar-refractivity contribution in [2.45, 2.75) is 24.7 Å². The largest absolute Gasteiger partial charge is 0.310 e. The SMILES string of the molecule is C=C/C=C/CCCC1(c2ccccc2)c2cc(N(c3ccccc3)c3ccccc3)ccc2-c2ccc(N(c3ccccc3)c3ccccc3)cc21. The molecule has 7 aromatic rings. The molecule has 0 unspecified atom stereocenters. The Bertz CT molecular complexity index is 2070. The van der Waals surface area contributed by atoms with Gasteiger partial charge in [-0.3, -0.25) is 0 Å². The number of benzene rings is 7. The number of unbranched alkanes of at least 4 members (excludes halogenated alkanes) is 1. The van der Waals surface area contributed by atoms with Gasteiger partial charge in [0.15, 0.2) is 0 Å². The predicted octanol–water partition coefficient (Wildman–Crippen LogP) is 13.9. The minimum atomic E-state index is -0.377. The number of nitrogens with zero attached hydrogens (tertiary/aromatic N) is 2. The summed E-state index contributed by atoms with van der Waals surface area (Å²) >= 11 is 0. The average molecular weight is 671 g/mol. The van der Waals surface area contributed by atoms with Crippen LogP contribution in [-0.4, -0.2) is 0 Å². The Morgan fingerprint density at radius 1 is 0.442 bits per heavy atom. The standard InChI is InChI=1S/C50H42N2/c1-2-3-4-5-21-36-50(39-22-11-6-12-23-39)48-37-44(51(40-24-13-7-14-25-40)41-26-15-8-16-27-41)32-34-46(48)47-35-33-45(38-49(47)50)52(42-28-17-9-18-29-42)43-30-19-10-20-31-43/h2-4,6-20,22-35,37-38H,1,5,21,36H2/b4-3+. The quantitative estimate of drug-likeness (QED) is 0.0943. The fraction of sp³-hybridized carbons (Fsp3) is 0.0800. The number of hydrogen-bond donors (Lipinski definition) is 0. The maximum absolute atomic E-state index is 3.91. The molecule has 0 amide bonds. The second-order valence-electron chi connectivity index (χ2n) is 13.3. The summed E-state index contributed by atoms with van der Waals surface area (Å²) in [5.41, 5.74) is 13.0. The maximum Gasteiger partial charge on any atom is 0.0465 e. The molecule has 2 nitrogen and oxygen atoms in total. The second-order valence-corrected chi connectivity index (χ2v) is 13.3. The normalized spacial score (nSPS) is 12.6. The van der Waals surface area contributed by atoms with Crippen LogP contribution in [0.25, 0.3) is 11.1 Å². The zero-order valence-corrected chi connectivity index (χ0v) is 29.4. The molecular formula is C50H42N2. The van der Waals surface area contributed by atoms with E-state index in [1.54, 1.807) is 0 Å². The van der Waals surface area contributed by atoms with E-state index in [4.69, 9.17) is 0 Å². The zero-order valence-electron chi connectivity index (χ0n) is 29.4. The molecule has 0 radical (unpaired) electrons. The fourth-order valence-corrected chi connectivity index (χ4v) is 7.99. The molecule has 0 aliphatic heterocycles. The summed E-state index contributed by atoms with van der Waals surface area (Å²) < 4.78 is 0. The van der Waals surface area contributed by atoms with Crippen molar-refractivity contribution in [1.82, 2.24) is 0 Å². The van der Waals surface area contributed by atoms with E-state index in [1.807, 2.05) is 6.08 Å². The van der Waals surface area contributed by atoms with E-state index in [9.17, 15) is 0 Å². The predicted molar refractivity (Wildman–Crippen MR) is 221 cm³/mol. The molecule has 0 N–H and O–H groups in total. The molecule has 52 heavy (non-hydrogen) atoms. The molecular weight excluding hydrogens is 629 g/mol. The van der Waals surface area contributed by atoms with Crippen LogP contribution in [0, 0.1) is 0 Å². The van der Waals surface area contributed by atoms with Crippen LogP contribution in [-0.2, 0) is 5.41 Å². The number of fused-ring (bicyclic) bond motifs is 3. The van der Waals surface area contributed by atoms with E-state index in [2.05, 4.69) is 217 Å². The third-order valence-electron chi connectivity index (χ3n) is 10.3. The summed E-state index contributed by atoms with van der Waals surface area (Å²) in [5, 5.41) is 0. The van der Waals surface area contributed by atoms with Crippen molar-refractivity contribution < 1.29 is 0 Å². The van der Waals surface area contributed by atoms with Gasteiger partial charge in [0.2, 0.25) is 0 Å². The van der Waals surface area contributed by atoms with Gasteiger partial charge in [0.25, 0.3) is 0 Å². The van der Waals surface area contributed by atoms with Gasteiger partial charge in [0.05, 0.1) is 0 Å². The first-order valence-corrected chi connectivity index (χ1v) is 18.2. The summed E-state index contributed by atoms with van der Waals surface area (Å²) in [4.78, 5) is 4.76. The molecule has 8 rings (SSSR count). The molecule has 1 aliphatic carbocycles. The molecule has 0 spiro atoms. The third-order valence-corrected chi connectivity index (χ3v) is 10.3. The Labute approximate surface area is 308 Å². The van der Waals surface area contributed by atoms with Gasteiger partial charge < -0.3 is 9.80 Å². The number of anilines is 6. The van der Waals surface area contributed by atoms with Gasteiger partial charge in [-0.2, -0.15) is 0 Å². The molecule has 1 aliphatic rings. The number of allylic oxidation sites excluding steroid dienone is 3. The van der Waals surface area contributed by atoms with E-state index in [-0.39, 0.29) is 5.41 Å². The first-order chi connectivity index (χ1) is 25.8. The lowest BCUT2D eigenvalue weighted by Crippen LogP contribution is -2.27. The van der Waals surface area contributed by atoms with Gasteiger partial charge in [-0.1, -0.05) is 140 Å². The second kappa shape index (κ2) is 14.8. The summed E-state index contributed by atoms with van der Waals surface area (Å²) in [6, 6.07) is 68.2. The highest BCUT2D eigenvalue weighted by Crippen LogP contribution is 2.57. The summed E-state index contributed by atoms with van der Waals surface area (Å²) in [7, 11) is 0. The number of para-hydroxylation sites is 4. The molecule has 7 aromatic carbocycles. The Balaban J connectivity index is 1.36. The van der Waals surface area contributed by atoms with Crippen molar-refractivity contribution in [1.29, 1.82) is 0 Å².